The first-order valence-corrected chi connectivity index (χ1v) is 10.8. The summed E-state index contributed by atoms with van der Waals surface area (Å²) < 4.78 is 0. The normalized spacial score (nSPS) is 29.2. The van der Waals surface area contributed by atoms with Gasteiger partial charge < -0.3 is 9.80 Å². The minimum absolute atomic E-state index is 0.274. The predicted molar refractivity (Wildman–Crippen MR) is 104 cm³/mol. The lowest BCUT2D eigenvalue weighted by molar-refractivity contribution is -0.134. The summed E-state index contributed by atoms with van der Waals surface area (Å²) in [7, 11) is 0. The van der Waals surface area contributed by atoms with Gasteiger partial charge in [0, 0.05) is 38.2 Å². The van der Waals surface area contributed by atoms with E-state index in [1.807, 2.05) is 4.90 Å². The average molecular weight is 361 g/mol. The van der Waals surface area contributed by atoms with Crippen LogP contribution in [-0.2, 0) is 9.59 Å². The number of unbranched alkanes of at least 4 members (excludes halogenated alkanes) is 1. The molecule has 0 spiro atoms. The lowest BCUT2D eigenvalue weighted by atomic mass is 9.85. The van der Waals surface area contributed by atoms with Crippen molar-refractivity contribution in [2.24, 2.45) is 17.8 Å². The number of piperidine rings is 2. The summed E-state index contributed by atoms with van der Waals surface area (Å²) in [6.45, 7) is 7.18. The van der Waals surface area contributed by atoms with Gasteiger partial charge in [0.2, 0.25) is 11.8 Å². The number of fused-ring (bicyclic) bond motifs is 1. The number of likely N-dealkylation sites (tertiary alicyclic amines) is 2. The number of hydrogen-bond donors (Lipinski definition) is 0. The van der Waals surface area contributed by atoms with Crippen LogP contribution in [0, 0.1) is 17.8 Å². The zero-order valence-corrected chi connectivity index (χ0v) is 16.7. The van der Waals surface area contributed by atoms with Crippen LogP contribution in [0.5, 0.6) is 0 Å². The lowest BCUT2D eigenvalue weighted by Gasteiger charge is -2.38. The van der Waals surface area contributed by atoms with Gasteiger partial charge in [0.25, 0.3) is 0 Å². The van der Waals surface area contributed by atoms with E-state index in [0.717, 1.165) is 45.3 Å². The molecule has 3 rings (SSSR count). The van der Waals surface area contributed by atoms with Crippen LogP contribution in [0.2, 0.25) is 0 Å². The standard InChI is InChI=1S/C22H36N2O2/c1-17-14-18(2)16-23(15-17)21(25)11-5-6-12-22(26)24-13-7-9-19-8-3-4-10-20(19)24/h10,17-19H,3-9,11-16H2,1-2H3. The Morgan fingerprint density at radius 3 is 2.38 bits per heavy atom. The van der Waals surface area contributed by atoms with Gasteiger partial charge >= 0.3 is 0 Å². The molecule has 26 heavy (non-hydrogen) atoms. The molecule has 2 saturated heterocycles. The second-order valence-corrected chi connectivity index (χ2v) is 8.90. The molecule has 4 nitrogen and oxygen atoms in total. The third-order valence-electron chi connectivity index (χ3n) is 6.33. The van der Waals surface area contributed by atoms with E-state index in [0.29, 0.717) is 30.6 Å². The molecule has 0 aromatic heterocycles. The van der Waals surface area contributed by atoms with E-state index < -0.39 is 0 Å². The van der Waals surface area contributed by atoms with Gasteiger partial charge in [-0.05, 0) is 69.1 Å². The molecule has 2 heterocycles. The Hall–Kier alpha value is -1.32. The number of rotatable bonds is 5. The van der Waals surface area contributed by atoms with Crippen molar-refractivity contribution in [3.05, 3.63) is 11.8 Å². The Labute approximate surface area is 159 Å². The predicted octanol–water partition coefficient (Wildman–Crippen LogP) is 4.36. The highest BCUT2D eigenvalue weighted by Crippen LogP contribution is 2.35. The molecule has 3 unspecified atom stereocenters. The number of hydrogen-bond acceptors (Lipinski definition) is 2. The molecule has 0 bridgehead atoms. The summed E-state index contributed by atoms with van der Waals surface area (Å²) in [5.41, 5.74) is 1.31. The van der Waals surface area contributed by atoms with E-state index in [9.17, 15) is 9.59 Å². The Bertz CT molecular complexity index is 532. The maximum Gasteiger partial charge on any atom is 0.226 e. The summed E-state index contributed by atoms with van der Waals surface area (Å²) in [4.78, 5) is 29.2. The second kappa shape index (κ2) is 9.05. The molecule has 3 atom stereocenters. The van der Waals surface area contributed by atoms with Gasteiger partial charge in [-0.15, -0.1) is 0 Å². The maximum absolute atomic E-state index is 12.7. The van der Waals surface area contributed by atoms with Gasteiger partial charge in [-0.1, -0.05) is 19.9 Å². The number of amides is 2. The SMILES string of the molecule is CC1CC(C)CN(C(=O)CCCCC(=O)N2CCCC3CCCC=C32)C1. The monoisotopic (exact) mass is 360 g/mol. The van der Waals surface area contributed by atoms with Crippen LogP contribution in [0.25, 0.3) is 0 Å². The number of nitrogens with zero attached hydrogens (tertiary/aromatic N) is 2. The van der Waals surface area contributed by atoms with Crippen molar-refractivity contribution in [1.82, 2.24) is 9.80 Å². The van der Waals surface area contributed by atoms with Crippen molar-refractivity contribution < 1.29 is 9.59 Å². The van der Waals surface area contributed by atoms with Crippen molar-refractivity contribution in [2.75, 3.05) is 19.6 Å². The molecule has 0 aromatic carbocycles. The van der Waals surface area contributed by atoms with Crippen LogP contribution < -0.4 is 0 Å². The highest BCUT2D eigenvalue weighted by molar-refractivity contribution is 5.79. The van der Waals surface area contributed by atoms with Crippen LogP contribution in [0.3, 0.4) is 0 Å². The number of carbonyl (C=O) groups is 2. The zero-order chi connectivity index (χ0) is 18.5. The largest absolute Gasteiger partial charge is 0.342 e. The van der Waals surface area contributed by atoms with E-state index in [-0.39, 0.29) is 11.8 Å². The molecule has 146 valence electrons. The van der Waals surface area contributed by atoms with Gasteiger partial charge in [-0.2, -0.15) is 0 Å². The van der Waals surface area contributed by atoms with E-state index in [1.165, 1.54) is 31.4 Å². The second-order valence-electron chi connectivity index (χ2n) is 8.90. The lowest BCUT2D eigenvalue weighted by Crippen LogP contribution is -2.42. The van der Waals surface area contributed by atoms with Crippen LogP contribution >= 0.6 is 0 Å². The Morgan fingerprint density at radius 2 is 1.65 bits per heavy atom. The summed E-state index contributed by atoms with van der Waals surface area (Å²) in [5.74, 6) is 2.39. The summed E-state index contributed by atoms with van der Waals surface area (Å²) in [5, 5.41) is 0. The van der Waals surface area contributed by atoms with Crippen LogP contribution in [0.1, 0.15) is 78.1 Å². The van der Waals surface area contributed by atoms with Crippen molar-refractivity contribution in [2.45, 2.75) is 78.1 Å². The number of carbonyl (C=O) groups excluding carboxylic acids is 2. The Morgan fingerprint density at radius 1 is 1.00 bits per heavy atom. The molecule has 0 aromatic rings. The van der Waals surface area contributed by atoms with Crippen LogP contribution in [0.4, 0.5) is 0 Å². The minimum atomic E-state index is 0.274. The van der Waals surface area contributed by atoms with Gasteiger partial charge in [0.15, 0.2) is 0 Å². The summed E-state index contributed by atoms with van der Waals surface area (Å²) >= 11 is 0. The highest BCUT2D eigenvalue weighted by Gasteiger charge is 2.30. The first-order valence-electron chi connectivity index (χ1n) is 10.8. The Balaban J connectivity index is 1.40. The van der Waals surface area contributed by atoms with Gasteiger partial charge in [0.05, 0.1) is 0 Å². The van der Waals surface area contributed by atoms with Gasteiger partial charge in [-0.25, -0.2) is 0 Å². The zero-order valence-electron chi connectivity index (χ0n) is 16.7. The molecule has 0 saturated carbocycles. The summed E-state index contributed by atoms with van der Waals surface area (Å²) in [6, 6.07) is 0. The van der Waals surface area contributed by atoms with Crippen molar-refractivity contribution in [1.29, 1.82) is 0 Å². The fourth-order valence-electron chi connectivity index (χ4n) is 5.16. The average Bonchev–Trinajstić information content (AvgIpc) is 2.63. The molecular formula is C22H36N2O2. The molecule has 3 aliphatic rings. The topological polar surface area (TPSA) is 40.6 Å². The molecule has 2 amide bonds. The summed E-state index contributed by atoms with van der Waals surface area (Å²) in [6.07, 6.45) is 12.4. The maximum atomic E-state index is 12.7. The van der Waals surface area contributed by atoms with E-state index in [4.69, 9.17) is 0 Å². The smallest absolute Gasteiger partial charge is 0.226 e. The van der Waals surface area contributed by atoms with Crippen LogP contribution in [0.15, 0.2) is 11.8 Å². The van der Waals surface area contributed by atoms with Crippen molar-refractivity contribution >= 4 is 11.8 Å². The van der Waals surface area contributed by atoms with Crippen LogP contribution in [-0.4, -0.2) is 41.2 Å². The third-order valence-corrected chi connectivity index (χ3v) is 6.33. The minimum Gasteiger partial charge on any atom is -0.342 e. The molecule has 1 aliphatic carbocycles. The molecule has 2 fully saturated rings. The van der Waals surface area contributed by atoms with Crippen molar-refractivity contribution in [3.63, 3.8) is 0 Å². The van der Waals surface area contributed by atoms with Gasteiger partial charge in [0.1, 0.15) is 0 Å². The first-order chi connectivity index (χ1) is 12.5. The first kappa shape index (κ1) is 19.4. The molecule has 0 N–H and O–H groups in total. The molecule has 0 radical (unpaired) electrons. The third kappa shape index (κ3) is 4.89. The Kier molecular flexibility index (Phi) is 6.77. The molecular weight excluding hydrogens is 324 g/mol. The highest BCUT2D eigenvalue weighted by atomic mass is 16.2. The van der Waals surface area contributed by atoms with E-state index >= 15 is 0 Å². The van der Waals surface area contributed by atoms with E-state index in [1.54, 1.807) is 0 Å². The fraction of sp³-hybridized carbons (Fsp3) is 0.818. The van der Waals surface area contributed by atoms with Gasteiger partial charge in [-0.3, -0.25) is 9.59 Å². The quantitative estimate of drug-likeness (QED) is 0.684. The fourth-order valence-corrected chi connectivity index (χ4v) is 5.16. The van der Waals surface area contributed by atoms with E-state index in [2.05, 4.69) is 24.8 Å². The molecule has 4 heteroatoms. The van der Waals surface area contributed by atoms with Crippen molar-refractivity contribution in [3.8, 4) is 0 Å². The number of allylic oxidation sites excluding steroid dienone is 2. The molecule has 2 aliphatic heterocycles.